The van der Waals surface area contributed by atoms with Crippen molar-refractivity contribution in [2.24, 2.45) is 7.05 Å². The minimum Gasteiger partial charge on any atom is -0.327 e. The summed E-state index contributed by atoms with van der Waals surface area (Å²) in [6.07, 6.45) is 0. The normalized spacial score (nSPS) is 11.3. The zero-order chi connectivity index (χ0) is 15.3. The third-order valence-corrected chi connectivity index (χ3v) is 4.80. The number of aryl methyl sites for hydroxylation is 4. The molecule has 0 bridgehead atoms. The van der Waals surface area contributed by atoms with Crippen LogP contribution in [0.2, 0.25) is 0 Å². The molecule has 0 atom stereocenters. The molecule has 0 spiro atoms. The number of aromatic nitrogens is 2. The van der Waals surface area contributed by atoms with E-state index in [0.29, 0.717) is 0 Å². The Kier molecular flexibility index (Phi) is 3.12. The van der Waals surface area contributed by atoms with E-state index in [0.717, 1.165) is 11.3 Å². The fourth-order valence-corrected chi connectivity index (χ4v) is 3.07. The van der Waals surface area contributed by atoms with Crippen molar-refractivity contribution in [2.45, 2.75) is 34.6 Å². The first-order chi connectivity index (χ1) is 9.91. The molecule has 2 aromatic carbocycles. The Morgan fingerprint density at radius 1 is 0.762 bits per heavy atom. The van der Waals surface area contributed by atoms with E-state index in [1.54, 1.807) is 0 Å². The lowest BCUT2D eigenvalue weighted by atomic mass is 9.97. The molecule has 0 aliphatic carbocycles. The van der Waals surface area contributed by atoms with Crippen molar-refractivity contribution >= 4 is 11.0 Å². The van der Waals surface area contributed by atoms with Crippen LogP contribution in [0.4, 0.5) is 0 Å². The number of fused-ring (bicyclic) bond motifs is 1. The van der Waals surface area contributed by atoms with Crippen LogP contribution in [0.25, 0.3) is 22.4 Å². The van der Waals surface area contributed by atoms with Crippen LogP contribution in [-0.4, -0.2) is 9.55 Å². The molecule has 0 aliphatic rings. The first-order valence-electron chi connectivity index (χ1n) is 7.41. The van der Waals surface area contributed by atoms with E-state index >= 15 is 0 Å². The second-order valence-electron chi connectivity index (χ2n) is 6.06. The van der Waals surface area contributed by atoms with Gasteiger partial charge >= 0.3 is 0 Å². The summed E-state index contributed by atoms with van der Waals surface area (Å²) in [7, 11) is 2.12. The van der Waals surface area contributed by atoms with Gasteiger partial charge in [-0.25, -0.2) is 4.98 Å². The van der Waals surface area contributed by atoms with Crippen molar-refractivity contribution in [3.05, 3.63) is 52.1 Å². The highest BCUT2D eigenvalue weighted by Gasteiger charge is 2.17. The smallest absolute Gasteiger partial charge is 0.140 e. The highest BCUT2D eigenvalue weighted by atomic mass is 15.1. The average molecular weight is 278 g/mol. The van der Waals surface area contributed by atoms with Crippen LogP contribution in [0, 0.1) is 34.6 Å². The third kappa shape index (κ3) is 1.98. The summed E-state index contributed by atoms with van der Waals surface area (Å²) < 4.78 is 2.23. The minimum absolute atomic E-state index is 1.04. The number of nitrogens with zero attached hydrogens (tertiary/aromatic N) is 2. The standard InChI is InChI=1S/C19H22N2/c1-11-7-9-16(10-8-11)19-20-17-14(4)12(2)13(3)15(5)18(17)21(19)6/h7-10H,1-6H3. The van der Waals surface area contributed by atoms with E-state index in [1.807, 2.05) is 0 Å². The summed E-state index contributed by atoms with van der Waals surface area (Å²) in [5.74, 6) is 1.04. The molecular formula is C19H22N2. The first-order valence-corrected chi connectivity index (χ1v) is 7.41. The molecule has 0 saturated carbocycles. The lowest BCUT2D eigenvalue weighted by Crippen LogP contribution is -1.97. The molecule has 0 fully saturated rings. The van der Waals surface area contributed by atoms with Gasteiger partial charge in [0, 0.05) is 12.6 Å². The highest BCUT2D eigenvalue weighted by Crippen LogP contribution is 2.32. The van der Waals surface area contributed by atoms with Gasteiger partial charge in [0.05, 0.1) is 11.0 Å². The molecule has 0 aliphatic heterocycles. The molecule has 2 heteroatoms. The molecule has 0 amide bonds. The Hall–Kier alpha value is -2.09. The fraction of sp³-hybridized carbons (Fsp3) is 0.316. The maximum atomic E-state index is 4.94. The Morgan fingerprint density at radius 3 is 1.95 bits per heavy atom. The zero-order valence-electron chi connectivity index (χ0n) is 13.7. The molecule has 1 heterocycles. The Balaban J connectivity index is 2.37. The van der Waals surface area contributed by atoms with Gasteiger partial charge in [-0.15, -0.1) is 0 Å². The molecule has 3 rings (SSSR count). The Morgan fingerprint density at radius 2 is 1.33 bits per heavy atom. The quantitative estimate of drug-likeness (QED) is 0.626. The van der Waals surface area contributed by atoms with E-state index in [4.69, 9.17) is 4.98 Å². The number of imidazole rings is 1. The molecule has 0 N–H and O–H groups in total. The van der Waals surface area contributed by atoms with Crippen molar-refractivity contribution in [2.75, 3.05) is 0 Å². The molecule has 3 aromatic rings. The number of hydrogen-bond donors (Lipinski definition) is 0. The molecular weight excluding hydrogens is 256 g/mol. The van der Waals surface area contributed by atoms with Crippen molar-refractivity contribution in [3.63, 3.8) is 0 Å². The molecule has 2 nitrogen and oxygen atoms in total. The number of benzene rings is 2. The van der Waals surface area contributed by atoms with Crippen molar-refractivity contribution in [1.82, 2.24) is 9.55 Å². The summed E-state index contributed by atoms with van der Waals surface area (Å²) in [5.41, 5.74) is 10.2. The predicted octanol–water partition coefficient (Wildman–Crippen LogP) is 4.78. The molecule has 108 valence electrons. The van der Waals surface area contributed by atoms with E-state index in [1.165, 1.54) is 38.9 Å². The summed E-state index contributed by atoms with van der Waals surface area (Å²) in [5, 5.41) is 0. The van der Waals surface area contributed by atoms with Gasteiger partial charge in [-0.05, 0) is 56.9 Å². The summed E-state index contributed by atoms with van der Waals surface area (Å²) >= 11 is 0. The van der Waals surface area contributed by atoms with Gasteiger partial charge in [0.15, 0.2) is 0 Å². The van der Waals surface area contributed by atoms with Crippen LogP contribution < -0.4 is 0 Å². The zero-order valence-corrected chi connectivity index (χ0v) is 13.7. The number of rotatable bonds is 1. The van der Waals surface area contributed by atoms with Gasteiger partial charge in [-0.1, -0.05) is 29.8 Å². The molecule has 0 unspecified atom stereocenters. The number of hydrogen-bond acceptors (Lipinski definition) is 1. The van der Waals surface area contributed by atoms with Crippen LogP contribution in [0.3, 0.4) is 0 Å². The molecule has 0 radical (unpaired) electrons. The van der Waals surface area contributed by atoms with Crippen LogP contribution in [0.15, 0.2) is 24.3 Å². The van der Waals surface area contributed by atoms with Gasteiger partial charge in [-0.3, -0.25) is 0 Å². The fourth-order valence-electron chi connectivity index (χ4n) is 3.07. The Bertz CT molecular complexity index is 837. The van der Waals surface area contributed by atoms with E-state index in [9.17, 15) is 0 Å². The summed E-state index contributed by atoms with van der Waals surface area (Å²) in [6.45, 7) is 10.9. The van der Waals surface area contributed by atoms with Crippen molar-refractivity contribution in [3.8, 4) is 11.4 Å². The largest absolute Gasteiger partial charge is 0.327 e. The molecule has 0 saturated heterocycles. The van der Waals surface area contributed by atoms with E-state index < -0.39 is 0 Å². The topological polar surface area (TPSA) is 17.8 Å². The monoisotopic (exact) mass is 278 g/mol. The van der Waals surface area contributed by atoms with Crippen molar-refractivity contribution in [1.29, 1.82) is 0 Å². The van der Waals surface area contributed by atoms with E-state index in [2.05, 4.69) is 70.5 Å². The maximum Gasteiger partial charge on any atom is 0.140 e. The summed E-state index contributed by atoms with van der Waals surface area (Å²) in [6, 6.07) is 8.59. The third-order valence-electron chi connectivity index (χ3n) is 4.80. The first kappa shape index (κ1) is 13.9. The predicted molar refractivity (Wildman–Crippen MR) is 89.8 cm³/mol. The van der Waals surface area contributed by atoms with Crippen molar-refractivity contribution < 1.29 is 0 Å². The van der Waals surface area contributed by atoms with Gasteiger partial charge in [0.2, 0.25) is 0 Å². The minimum atomic E-state index is 1.04. The van der Waals surface area contributed by atoms with E-state index in [-0.39, 0.29) is 0 Å². The lowest BCUT2D eigenvalue weighted by Gasteiger charge is -2.11. The van der Waals surface area contributed by atoms with Gasteiger partial charge in [0.25, 0.3) is 0 Å². The summed E-state index contributed by atoms with van der Waals surface area (Å²) in [4.78, 5) is 4.94. The average Bonchev–Trinajstić information content (AvgIpc) is 2.81. The Labute approximate surface area is 126 Å². The van der Waals surface area contributed by atoms with Gasteiger partial charge in [-0.2, -0.15) is 0 Å². The second-order valence-corrected chi connectivity index (χ2v) is 6.06. The van der Waals surface area contributed by atoms with Crippen LogP contribution in [0.1, 0.15) is 27.8 Å². The van der Waals surface area contributed by atoms with Gasteiger partial charge in [0.1, 0.15) is 5.82 Å². The highest BCUT2D eigenvalue weighted by molar-refractivity contribution is 5.88. The molecule has 1 aromatic heterocycles. The van der Waals surface area contributed by atoms with Crippen LogP contribution >= 0.6 is 0 Å². The molecule has 21 heavy (non-hydrogen) atoms. The lowest BCUT2D eigenvalue weighted by molar-refractivity contribution is 0.953. The van der Waals surface area contributed by atoms with Crippen LogP contribution in [0.5, 0.6) is 0 Å². The second kappa shape index (κ2) is 4.73. The maximum absolute atomic E-state index is 4.94. The van der Waals surface area contributed by atoms with Crippen LogP contribution in [-0.2, 0) is 7.05 Å². The van der Waals surface area contributed by atoms with Gasteiger partial charge < -0.3 is 4.57 Å². The SMILES string of the molecule is Cc1ccc(-c2nc3c(C)c(C)c(C)c(C)c3n2C)cc1.